The highest BCUT2D eigenvalue weighted by Gasteiger charge is 2.28. The summed E-state index contributed by atoms with van der Waals surface area (Å²) < 4.78 is 5.90. The second-order valence-electron chi connectivity index (χ2n) is 6.38. The molecule has 0 bridgehead atoms. The number of carbonyl (C=O) groups excluding carboxylic acids is 1. The Morgan fingerprint density at radius 2 is 2.12 bits per heavy atom. The quantitative estimate of drug-likeness (QED) is 0.858. The lowest BCUT2D eigenvalue weighted by Gasteiger charge is -2.33. The zero-order chi connectivity index (χ0) is 17.3. The second kappa shape index (κ2) is 6.91. The third kappa shape index (κ3) is 3.60. The van der Waals surface area contributed by atoms with Crippen molar-refractivity contribution < 1.29 is 9.53 Å². The molecule has 0 N–H and O–H groups in total. The maximum atomic E-state index is 12.7. The normalized spacial score (nSPS) is 17.8. The van der Waals surface area contributed by atoms with Crippen LogP contribution in [0.15, 0.2) is 23.6 Å². The highest BCUT2D eigenvalue weighted by Crippen LogP contribution is 2.26. The predicted octanol–water partition coefficient (Wildman–Crippen LogP) is 3.04. The smallest absolute Gasteiger partial charge is 0.264 e. The molecule has 3 heterocycles. The van der Waals surface area contributed by atoms with Crippen molar-refractivity contribution in [2.45, 2.75) is 20.0 Å². The Morgan fingerprint density at radius 1 is 1.33 bits per heavy atom. The van der Waals surface area contributed by atoms with E-state index in [9.17, 15) is 4.79 Å². The molecule has 6 heteroatoms. The number of aromatic nitrogens is 1. The average molecular weight is 345 g/mol. The van der Waals surface area contributed by atoms with Crippen LogP contribution in [0.5, 0.6) is 0 Å². The van der Waals surface area contributed by atoms with Crippen molar-refractivity contribution in [3.63, 3.8) is 0 Å². The maximum absolute atomic E-state index is 12.7. The molecule has 0 radical (unpaired) electrons. The van der Waals surface area contributed by atoms with Gasteiger partial charge in [-0.2, -0.15) is 0 Å². The van der Waals surface area contributed by atoms with Crippen LogP contribution in [0.3, 0.4) is 0 Å². The first-order valence-corrected chi connectivity index (χ1v) is 8.94. The minimum atomic E-state index is -0.178. The van der Waals surface area contributed by atoms with Crippen LogP contribution in [0.1, 0.15) is 32.7 Å². The summed E-state index contributed by atoms with van der Waals surface area (Å²) in [6.07, 6.45) is -0.178. The SMILES string of the molecule is Cc1csc(C(=O)N2CCO[C@H](c3cc(N(C)C)cc(C)n3)C2)c1. The fraction of sp³-hybridized carbons (Fsp3) is 0.444. The van der Waals surface area contributed by atoms with Crippen molar-refractivity contribution in [1.29, 1.82) is 0 Å². The number of ether oxygens (including phenoxy) is 1. The Labute approximate surface area is 146 Å². The summed E-state index contributed by atoms with van der Waals surface area (Å²) in [4.78, 5) is 22.0. The van der Waals surface area contributed by atoms with Gasteiger partial charge in [0.1, 0.15) is 6.10 Å². The van der Waals surface area contributed by atoms with Gasteiger partial charge in [0.05, 0.1) is 23.7 Å². The van der Waals surface area contributed by atoms with E-state index in [4.69, 9.17) is 4.74 Å². The van der Waals surface area contributed by atoms with Gasteiger partial charge in [-0.05, 0) is 43.0 Å². The van der Waals surface area contributed by atoms with Crippen molar-refractivity contribution in [2.75, 3.05) is 38.7 Å². The molecule has 3 rings (SSSR count). The maximum Gasteiger partial charge on any atom is 0.264 e. The lowest BCUT2D eigenvalue weighted by Crippen LogP contribution is -2.42. The summed E-state index contributed by atoms with van der Waals surface area (Å²) in [6, 6.07) is 6.04. The van der Waals surface area contributed by atoms with Crippen LogP contribution in [0.25, 0.3) is 0 Å². The number of pyridine rings is 1. The van der Waals surface area contributed by atoms with E-state index in [0.29, 0.717) is 19.7 Å². The van der Waals surface area contributed by atoms with Crippen LogP contribution in [-0.4, -0.2) is 49.6 Å². The van der Waals surface area contributed by atoms with E-state index >= 15 is 0 Å². The minimum Gasteiger partial charge on any atom is -0.378 e. The highest BCUT2D eigenvalue weighted by atomic mass is 32.1. The average Bonchev–Trinajstić information content (AvgIpc) is 3.00. The molecule has 1 aliphatic rings. The number of aryl methyl sites for hydroxylation is 2. The molecule has 2 aromatic heterocycles. The molecule has 1 amide bonds. The van der Waals surface area contributed by atoms with Crippen LogP contribution < -0.4 is 4.90 Å². The number of nitrogens with zero attached hydrogens (tertiary/aromatic N) is 3. The summed E-state index contributed by atoms with van der Waals surface area (Å²) in [7, 11) is 4.02. The van der Waals surface area contributed by atoms with Gasteiger partial charge < -0.3 is 14.5 Å². The summed E-state index contributed by atoms with van der Waals surface area (Å²) in [6.45, 7) is 5.69. The highest BCUT2D eigenvalue weighted by molar-refractivity contribution is 7.12. The van der Waals surface area contributed by atoms with Crippen molar-refractivity contribution >= 4 is 22.9 Å². The lowest BCUT2D eigenvalue weighted by molar-refractivity contribution is -0.0246. The van der Waals surface area contributed by atoms with E-state index in [1.165, 1.54) is 11.3 Å². The van der Waals surface area contributed by atoms with Crippen LogP contribution >= 0.6 is 11.3 Å². The second-order valence-corrected chi connectivity index (χ2v) is 7.30. The Kier molecular flexibility index (Phi) is 4.87. The van der Waals surface area contributed by atoms with Gasteiger partial charge in [0.2, 0.25) is 0 Å². The fourth-order valence-electron chi connectivity index (χ4n) is 2.81. The number of carbonyl (C=O) groups is 1. The summed E-state index contributed by atoms with van der Waals surface area (Å²) in [5.41, 5.74) is 4.07. The molecule has 2 aromatic rings. The molecule has 128 valence electrons. The van der Waals surface area contributed by atoms with E-state index in [0.717, 1.165) is 27.5 Å². The molecule has 24 heavy (non-hydrogen) atoms. The van der Waals surface area contributed by atoms with Crippen LogP contribution in [0.2, 0.25) is 0 Å². The van der Waals surface area contributed by atoms with E-state index in [-0.39, 0.29) is 12.0 Å². The molecular formula is C18H23N3O2S. The molecule has 5 nitrogen and oxygen atoms in total. The largest absolute Gasteiger partial charge is 0.378 e. The zero-order valence-corrected chi connectivity index (χ0v) is 15.4. The first kappa shape index (κ1) is 16.9. The first-order valence-electron chi connectivity index (χ1n) is 8.06. The molecule has 1 saturated heterocycles. The minimum absolute atomic E-state index is 0.0851. The molecule has 0 saturated carbocycles. The molecule has 1 fully saturated rings. The summed E-state index contributed by atoms with van der Waals surface area (Å²) in [5.74, 6) is 0.0851. The molecule has 0 aliphatic carbocycles. The number of rotatable bonds is 3. The Morgan fingerprint density at radius 3 is 2.79 bits per heavy atom. The fourth-order valence-corrected chi connectivity index (χ4v) is 3.68. The van der Waals surface area contributed by atoms with Gasteiger partial charge in [0.25, 0.3) is 5.91 Å². The number of hydrogen-bond acceptors (Lipinski definition) is 5. The standard InChI is InChI=1S/C18H23N3O2S/c1-12-7-17(24-11-12)18(22)21-5-6-23-16(10-21)15-9-14(20(3)4)8-13(2)19-15/h7-9,11,16H,5-6,10H2,1-4H3/t16-/m0/s1. The van der Waals surface area contributed by atoms with Crippen molar-refractivity contribution in [3.05, 3.63) is 45.4 Å². The zero-order valence-electron chi connectivity index (χ0n) is 14.6. The third-order valence-corrected chi connectivity index (χ3v) is 5.14. The van der Waals surface area contributed by atoms with Crippen LogP contribution in [0, 0.1) is 13.8 Å². The number of anilines is 1. The first-order chi connectivity index (χ1) is 11.4. The molecular weight excluding hydrogens is 322 g/mol. The van der Waals surface area contributed by atoms with Gasteiger partial charge in [-0.1, -0.05) is 0 Å². The predicted molar refractivity (Wildman–Crippen MR) is 97.0 cm³/mol. The molecule has 0 spiro atoms. The van der Waals surface area contributed by atoms with E-state index in [2.05, 4.69) is 9.88 Å². The van der Waals surface area contributed by atoms with Crippen molar-refractivity contribution in [3.8, 4) is 0 Å². The third-order valence-electron chi connectivity index (χ3n) is 4.10. The van der Waals surface area contributed by atoms with Gasteiger partial charge in [0.15, 0.2) is 0 Å². The van der Waals surface area contributed by atoms with Gasteiger partial charge in [0, 0.05) is 32.0 Å². The van der Waals surface area contributed by atoms with E-state index < -0.39 is 0 Å². The van der Waals surface area contributed by atoms with Crippen molar-refractivity contribution in [1.82, 2.24) is 9.88 Å². The Hall–Kier alpha value is -1.92. The van der Waals surface area contributed by atoms with Crippen LogP contribution in [-0.2, 0) is 4.74 Å². The van der Waals surface area contributed by atoms with Crippen LogP contribution in [0.4, 0.5) is 5.69 Å². The Balaban J connectivity index is 1.79. The van der Waals surface area contributed by atoms with E-state index in [1.54, 1.807) is 0 Å². The topological polar surface area (TPSA) is 45.7 Å². The van der Waals surface area contributed by atoms with Gasteiger partial charge >= 0.3 is 0 Å². The summed E-state index contributed by atoms with van der Waals surface area (Å²) in [5, 5.41) is 2.01. The number of amides is 1. The monoisotopic (exact) mass is 345 g/mol. The Bertz CT molecular complexity index is 742. The lowest BCUT2D eigenvalue weighted by atomic mass is 10.1. The van der Waals surface area contributed by atoms with Gasteiger partial charge in [-0.3, -0.25) is 9.78 Å². The number of thiophene rings is 1. The van der Waals surface area contributed by atoms with E-state index in [1.807, 2.05) is 56.4 Å². The van der Waals surface area contributed by atoms with Crippen molar-refractivity contribution in [2.24, 2.45) is 0 Å². The number of morpholine rings is 1. The molecule has 0 aromatic carbocycles. The molecule has 1 aliphatic heterocycles. The summed E-state index contributed by atoms with van der Waals surface area (Å²) >= 11 is 1.50. The number of hydrogen-bond donors (Lipinski definition) is 0. The molecule has 1 atom stereocenters. The van der Waals surface area contributed by atoms with Gasteiger partial charge in [-0.15, -0.1) is 11.3 Å². The van der Waals surface area contributed by atoms with Gasteiger partial charge in [-0.25, -0.2) is 0 Å². The molecule has 0 unspecified atom stereocenters.